The lowest BCUT2D eigenvalue weighted by Gasteiger charge is -2.06. The zero-order valence-corrected chi connectivity index (χ0v) is 12.1. The minimum atomic E-state index is -0.688. The van der Waals surface area contributed by atoms with E-state index in [4.69, 9.17) is 4.42 Å². The number of nitro benzene ring substituents is 1. The third-order valence-corrected chi connectivity index (χ3v) is 3.22. The number of hydrogen-bond donors (Lipinski definition) is 1. The Labute approximate surface area is 122 Å². The molecule has 2 rings (SSSR count). The highest BCUT2D eigenvalue weighted by Gasteiger charge is 2.18. The van der Waals surface area contributed by atoms with Crippen LogP contribution in [0.15, 0.2) is 27.2 Å². The maximum absolute atomic E-state index is 13.3. The number of nitrogens with one attached hydrogen (secondary N) is 1. The molecule has 0 aliphatic heterocycles. The summed E-state index contributed by atoms with van der Waals surface area (Å²) < 4.78 is 18.8. The van der Waals surface area contributed by atoms with Crippen LogP contribution in [0.4, 0.5) is 15.8 Å². The highest BCUT2D eigenvalue weighted by molar-refractivity contribution is 9.10. The maximum atomic E-state index is 13.3. The van der Waals surface area contributed by atoms with Crippen LogP contribution < -0.4 is 5.32 Å². The van der Waals surface area contributed by atoms with E-state index in [2.05, 4.69) is 26.2 Å². The van der Waals surface area contributed by atoms with Crippen molar-refractivity contribution < 1.29 is 13.7 Å². The zero-order valence-electron chi connectivity index (χ0n) is 10.5. The Morgan fingerprint density at radius 1 is 1.55 bits per heavy atom. The second-order valence-corrected chi connectivity index (χ2v) is 4.82. The van der Waals surface area contributed by atoms with Gasteiger partial charge in [0.2, 0.25) is 5.89 Å². The molecule has 6 nitrogen and oxygen atoms in total. The Morgan fingerprint density at radius 2 is 2.30 bits per heavy atom. The van der Waals surface area contributed by atoms with Gasteiger partial charge in [-0.05, 0) is 22.0 Å². The summed E-state index contributed by atoms with van der Waals surface area (Å²) in [4.78, 5) is 14.3. The molecule has 20 heavy (non-hydrogen) atoms. The fraction of sp³-hybridized carbons (Fsp3) is 0.250. The summed E-state index contributed by atoms with van der Waals surface area (Å²) in [5.41, 5.74) is -0.146. The van der Waals surface area contributed by atoms with E-state index in [9.17, 15) is 14.5 Å². The largest absolute Gasteiger partial charge is 0.444 e. The number of oxazole rings is 1. The van der Waals surface area contributed by atoms with Crippen molar-refractivity contribution >= 4 is 27.3 Å². The third-order valence-electron chi connectivity index (χ3n) is 2.62. The highest BCUT2D eigenvalue weighted by atomic mass is 79.9. The standard InChI is InChI=1S/C12H11BrFN3O3/c1-2-7-5-16-12(20-7)6-15-10-3-8(13)9(14)4-11(10)17(18)19/h3-5,15H,2,6H2,1H3. The van der Waals surface area contributed by atoms with E-state index < -0.39 is 10.7 Å². The predicted molar refractivity (Wildman–Crippen MR) is 74.0 cm³/mol. The number of rotatable bonds is 5. The van der Waals surface area contributed by atoms with Crippen LogP contribution in [0.3, 0.4) is 0 Å². The molecule has 2 aromatic rings. The molecule has 8 heteroatoms. The second kappa shape index (κ2) is 6.00. The van der Waals surface area contributed by atoms with Gasteiger partial charge < -0.3 is 9.73 Å². The average molecular weight is 344 g/mol. The van der Waals surface area contributed by atoms with Crippen molar-refractivity contribution in [2.24, 2.45) is 0 Å². The van der Waals surface area contributed by atoms with Crippen LogP contribution in [0, 0.1) is 15.9 Å². The minimum absolute atomic E-state index is 0.146. The quantitative estimate of drug-likeness (QED) is 0.661. The molecule has 1 aromatic heterocycles. The predicted octanol–water partition coefficient (Wildman–Crippen LogP) is 3.66. The molecule has 0 fully saturated rings. The topological polar surface area (TPSA) is 81.2 Å². The van der Waals surface area contributed by atoms with E-state index in [-0.39, 0.29) is 22.4 Å². The van der Waals surface area contributed by atoms with E-state index in [1.807, 2.05) is 6.92 Å². The summed E-state index contributed by atoms with van der Waals surface area (Å²) in [6.07, 6.45) is 2.32. The zero-order chi connectivity index (χ0) is 14.7. The number of halogens is 2. The molecule has 0 unspecified atom stereocenters. The van der Waals surface area contributed by atoms with Gasteiger partial charge in [0.05, 0.1) is 28.2 Å². The van der Waals surface area contributed by atoms with Gasteiger partial charge in [-0.2, -0.15) is 0 Å². The second-order valence-electron chi connectivity index (χ2n) is 3.97. The number of hydrogen-bond acceptors (Lipinski definition) is 5. The first-order valence-corrected chi connectivity index (χ1v) is 6.61. The van der Waals surface area contributed by atoms with E-state index in [1.165, 1.54) is 6.07 Å². The number of aromatic nitrogens is 1. The molecular formula is C12H11BrFN3O3. The SMILES string of the molecule is CCc1cnc(CNc2cc(Br)c(F)cc2[N+](=O)[O-])o1. The van der Waals surface area contributed by atoms with E-state index in [1.54, 1.807) is 6.20 Å². The smallest absolute Gasteiger partial charge is 0.295 e. The van der Waals surface area contributed by atoms with Crippen LogP contribution in [0.5, 0.6) is 0 Å². The maximum Gasteiger partial charge on any atom is 0.295 e. The fourth-order valence-electron chi connectivity index (χ4n) is 1.59. The van der Waals surface area contributed by atoms with Gasteiger partial charge in [0.25, 0.3) is 5.69 Å². The van der Waals surface area contributed by atoms with E-state index >= 15 is 0 Å². The molecule has 0 amide bonds. The first-order valence-electron chi connectivity index (χ1n) is 5.82. The molecule has 106 valence electrons. The summed E-state index contributed by atoms with van der Waals surface area (Å²) in [5, 5.41) is 13.7. The Morgan fingerprint density at radius 3 is 2.90 bits per heavy atom. The van der Waals surface area contributed by atoms with Crippen LogP contribution in [-0.4, -0.2) is 9.91 Å². The van der Waals surface area contributed by atoms with Crippen molar-refractivity contribution in [3.05, 3.63) is 50.4 Å². The Hall–Kier alpha value is -1.96. The van der Waals surface area contributed by atoms with Gasteiger partial charge in [-0.1, -0.05) is 6.92 Å². The molecular weight excluding hydrogens is 333 g/mol. The first-order chi connectivity index (χ1) is 9.51. The van der Waals surface area contributed by atoms with Gasteiger partial charge in [-0.25, -0.2) is 9.37 Å². The fourth-order valence-corrected chi connectivity index (χ4v) is 1.94. The number of benzene rings is 1. The van der Waals surface area contributed by atoms with Crippen LogP contribution in [0.2, 0.25) is 0 Å². The minimum Gasteiger partial charge on any atom is -0.444 e. The van der Waals surface area contributed by atoms with E-state index in [0.717, 1.165) is 18.2 Å². The van der Waals surface area contributed by atoms with Crippen LogP contribution in [0.25, 0.3) is 0 Å². The van der Waals surface area contributed by atoms with Crippen molar-refractivity contribution in [3.8, 4) is 0 Å². The first kappa shape index (κ1) is 14.4. The van der Waals surface area contributed by atoms with Crippen molar-refractivity contribution in [2.75, 3.05) is 5.32 Å². The molecule has 0 aliphatic carbocycles. The monoisotopic (exact) mass is 343 g/mol. The van der Waals surface area contributed by atoms with E-state index in [0.29, 0.717) is 5.89 Å². The van der Waals surface area contributed by atoms with Gasteiger partial charge in [-0.3, -0.25) is 10.1 Å². The number of nitrogens with zero attached hydrogens (tertiary/aromatic N) is 2. The summed E-state index contributed by atoms with van der Waals surface area (Å²) in [7, 11) is 0. The number of nitro groups is 1. The lowest BCUT2D eigenvalue weighted by Crippen LogP contribution is -2.03. The summed E-state index contributed by atoms with van der Waals surface area (Å²) in [6, 6.07) is 2.18. The van der Waals surface area contributed by atoms with Crippen molar-refractivity contribution in [3.63, 3.8) is 0 Å². The molecule has 0 radical (unpaired) electrons. The van der Waals surface area contributed by atoms with Gasteiger partial charge in [-0.15, -0.1) is 0 Å². The summed E-state index contributed by atoms with van der Waals surface area (Å²) in [6.45, 7) is 2.11. The normalized spacial score (nSPS) is 10.6. The van der Waals surface area contributed by atoms with Crippen molar-refractivity contribution in [2.45, 2.75) is 19.9 Å². The Kier molecular flexibility index (Phi) is 4.33. The molecule has 1 heterocycles. The Bertz CT molecular complexity index is 645. The average Bonchev–Trinajstić information content (AvgIpc) is 2.87. The third kappa shape index (κ3) is 3.13. The number of anilines is 1. The van der Waals surface area contributed by atoms with Gasteiger partial charge in [0.15, 0.2) is 0 Å². The Balaban J connectivity index is 2.20. The number of aryl methyl sites for hydroxylation is 1. The van der Waals surface area contributed by atoms with Crippen molar-refractivity contribution in [1.82, 2.24) is 4.98 Å². The van der Waals surface area contributed by atoms with Gasteiger partial charge in [0, 0.05) is 6.42 Å². The van der Waals surface area contributed by atoms with Crippen LogP contribution >= 0.6 is 15.9 Å². The molecule has 1 N–H and O–H groups in total. The lowest BCUT2D eigenvalue weighted by atomic mass is 10.2. The molecule has 0 saturated carbocycles. The molecule has 0 atom stereocenters. The van der Waals surface area contributed by atoms with Gasteiger partial charge >= 0.3 is 0 Å². The molecule has 0 bridgehead atoms. The molecule has 0 saturated heterocycles. The molecule has 0 spiro atoms. The van der Waals surface area contributed by atoms with Crippen LogP contribution in [0.1, 0.15) is 18.6 Å². The summed E-state index contributed by atoms with van der Waals surface area (Å²) >= 11 is 2.99. The van der Waals surface area contributed by atoms with Crippen molar-refractivity contribution in [1.29, 1.82) is 0 Å². The van der Waals surface area contributed by atoms with Crippen LogP contribution in [-0.2, 0) is 13.0 Å². The summed E-state index contributed by atoms with van der Waals surface area (Å²) in [5.74, 6) is 0.458. The van der Waals surface area contributed by atoms with Gasteiger partial charge in [0.1, 0.15) is 17.3 Å². The lowest BCUT2D eigenvalue weighted by molar-refractivity contribution is -0.384. The highest BCUT2D eigenvalue weighted by Crippen LogP contribution is 2.30. The molecule has 0 aliphatic rings. The molecule has 1 aromatic carbocycles.